The highest BCUT2D eigenvalue weighted by atomic mass is 32.3. The zero-order chi connectivity index (χ0) is 21.0. The number of carbonyl (C=O) groups is 1. The molecular formula is C18H22F2N4O4S. The second-order valence-corrected chi connectivity index (χ2v) is 8.92. The van der Waals surface area contributed by atoms with Crippen molar-refractivity contribution in [1.29, 1.82) is 0 Å². The van der Waals surface area contributed by atoms with Crippen molar-refractivity contribution < 1.29 is 27.4 Å². The highest BCUT2D eigenvalue weighted by Gasteiger charge is 2.18. The van der Waals surface area contributed by atoms with Gasteiger partial charge < -0.3 is 15.0 Å². The predicted molar refractivity (Wildman–Crippen MR) is 108 cm³/mol. The number of benzene rings is 1. The van der Waals surface area contributed by atoms with Crippen LogP contribution in [0.3, 0.4) is 0 Å². The van der Waals surface area contributed by atoms with Crippen LogP contribution in [0.25, 0.3) is 11.4 Å². The number of ether oxygens (including phenoxy) is 1. The van der Waals surface area contributed by atoms with Crippen molar-refractivity contribution in [3.63, 3.8) is 0 Å². The van der Waals surface area contributed by atoms with E-state index in [-0.39, 0.29) is 11.4 Å². The maximum absolute atomic E-state index is 12.4. The van der Waals surface area contributed by atoms with Crippen LogP contribution >= 0.6 is 10.6 Å². The summed E-state index contributed by atoms with van der Waals surface area (Å²) in [6.45, 7) is 2.43. The highest BCUT2D eigenvalue weighted by Crippen LogP contribution is 2.38. The molecule has 1 saturated heterocycles. The zero-order valence-electron chi connectivity index (χ0n) is 15.7. The Morgan fingerprint density at radius 1 is 1.24 bits per heavy atom. The minimum atomic E-state index is -3.10. The first-order chi connectivity index (χ1) is 13.7. The fourth-order valence-electron chi connectivity index (χ4n) is 2.82. The third-order valence-electron chi connectivity index (χ3n) is 4.13. The first kappa shape index (κ1) is 21.4. The number of hydrogen-bond acceptors (Lipinski definition) is 7. The number of morpholine rings is 1. The van der Waals surface area contributed by atoms with Crippen molar-refractivity contribution in [1.82, 2.24) is 9.97 Å². The lowest BCUT2D eigenvalue weighted by atomic mass is 10.2. The Balaban J connectivity index is 1.90. The molecule has 0 unspecified atom stereocenters. The Hall–Kier alpha value is -2.34. The Morgan fingerprint density at radius 3 is 2.48 bits per heavy atom. The summed E-state index contributed by atoms with van der Waals surface area (Å²) in [6, 6.07) is 7.89. The van der Waals surface area contributed by atoms with Crippen LogP contribution in [0.2, 0.25) is 0 Å². The largest absolute Gasteiger partial charge is 0.378 e. The quantitative estimate of drug-likeness (QED) is 0.649. The van der Waals surface area contributed by atoms with E-state index >= 15 is 0 Å². The van der Waals surface area contributed by atoms with Crippen LogP contribution in [0.15, 0.2) is 30.3 Å². The Kier molecular flexibility index (Phi) is 6.63. The van der Waals surface area contributed by atoms with Crippen LogP contribution in [-0.4, -0.2) is 64.0 Å². The van der Waals surface area contributed by atoms with E-state index in [4.69, 9.17) is 4.74 Å². The average molecular weight is 428 g/mol. The second-order valence-electron chi connectivity index (χ2n) is 6.65. The van der Waals surface area contributed by atoms with Crippen molar-refractivity contribution in [3.05, 3.63) is 36.0 Å². The average Bonchev–Trinajstić information content (AvgIpc) is 2.67. The van der Waals surface area contributed by atoms with Gasteiger partial charge in [-0.3, -0.25) is 13.9 Å². The van der Waals surface area contributed by atoms with E-state index in [1.54, 1.807) is 18.2 Å². The molecule has 1 aromatic heterocycles. The number of nitrogens with zero attached hydrogens (tertiary/aromatic N) is 3. The maximum Gasteiger partial charge on any atom is 0.315 e. The number of aromatic nitrogens is 2. The van der Waals surface area contributed by atoms with Crippen LogP contribution in [0.4, 0.5) is 20.3 Å². The van der Waals surface area contributed by atoms with E-state index in [1.807, 2.05) is 4.90 Å². The number of rotatable bonds is 6. The molecule has 1 aliphatic heterocycles. The third-order valence-corrected chi connectivity index (χ3v) is 4.97. The lowest BCUT2D eigenvalue weighted by Gasteiger charge is -2.30. The maximum atomic E-state index is 12.4. The lowest BCUT2D eigenvalue weighted by molar-refractivity contribution is -0.126. The van der Waals surface area contributed by atoms with Crippen LogP contribution in [0.1, 0.15) is 5.69 Å². The molecule has 0 aliphatic carbocycles. The number of anilines is 2. The first-order valence-electron chi connectivity index (χ1n) is 8.82. The molecule has 158 valence electrons. The van der Waals surface area contributed by atoms with Crippen LogP contribution in [-0.2, 0) is 15.3 Å². The summed E-state index contributed by atoms with van der Waals surface area (Å²) < 4.78 is 49.8. The summed E-state index contributed by atoms with van der Waals surface area (Å²) >= 11 is 0. The fraction of sp³-hybridized carbons (Fsp3) is 0.389. The summed E-state index contributed by atoms with van der Waals surface area (Å²) in [5, 5.41) is 2.11. The van der Waals surface area contributed by atoms with E-state index in [0.717, 1.165) is 0 Å². The van der Waals surface area contributed by atoms with Gasteiger partial charge in [-0.1, -0.05) is 0 Å². The Labute approximate surface area is 168 Å². The molecule has 3 rings (SSSR count). The summed E-state index contributed by atoms with van der Waals surface area (Å²) in [4.78, 5) is 22.1. The second kappa shape index (κ2) is 8.99. The van der Waals surface area contributed by atoms with Crippen molar-refractivity contribution in [2.75, 3.05) is 42.8 Å². The number of alkyl halides is 2. The molecule has 29 heavy (non-hydrogen) atoms. The molecule has 1 fully saturated rings. The van der Waals surface area contributed by atoms with Crippen molar-refractivity contribution >= 4 is 28.0 Å². The van der Waals surface area contributed by atoms with E-state index in [0.29, 0.717) is 49.2 Å². The summed E-state index contributed by atoms with van der Waals surface area (Å²) in [6.07, 6.45) is -1.75. The van der Waals surface area contributed by atoms with Gasteiger partial charge in [-0.15, -0.1) is 0 Å². The van der Waals surface area contributed by atoms with Crippen molar-refractivity contribution in [2.45, 2.75) is 12.2 Å². The third kappa shape index (κ3) is 6.07. The van der Waals surface area contributed by atoms with Crippen LogP contribution in [0, 0.1) is 0 Å². The van der Waals surface area contributed by atoms with E-state index < -0.39 is 22.9 Å². The zero-order valence-corrected chi connectivity index (χ0v) is 16.5. The molecule has 0 radical (unpaired) electrons. The summed E-state index contributed by atoms with van der Waals surface area (Å²) in [5.74, 6) is -0.382. The molecule has 1 amide bonds. The van der Waals surface area contributed by atoms with Gasteiger partial charge in [0.05, 0.1) is 24.7 Å². The van der Waals surface area contributed by atoms with Crippen molar-refractivity contribution in [2.24, 2.45) is 0 Å². The molecule has 8 nitrogen and oxygen atoms in total. The molecule has 2 heterocycles. The molecule has 0 spiro atoms. The van der Waals surface area contributed by atoms with Crippen molar-refractivity contribution in [3.8, 4) is 11.4 Å². The molecule has 11 heteroatoms. The van der Waals surface area contributed by atoms with Gasteiger partial charge in [0.1, 0.15) is 5.82 Å². The Bertz CT molecular complexity index is 856. The molecule has 0 bridgehead atoms. The molecule has 1 aromatic carbocycles. The van der Waals surface area contributed by atoms with Gasteiger partial charge in [0.25, 0.3) is 5.91 Å². The standard InChI is InChI=1S/C18H22F2N4O4S/c1-29(26,27)11-14-10-15(24-6-8-28-9-7-24)23-17(21-14)12-2-4-13(5-3-12)22-18(25)16(19)20/h2-5,10,16,26-27H,6-9,11H2,1H3,(H,22,25). The van der Waals surface area contributed by atoms with Gasteiger partial charge in [-0.25, -0.2) is 9.97 Å². The van der Waals surface area contributed by atoms with Crippen LogP contribution in [0.5, 0.6) is 0 Å². The van der Waals surface area contributed by atoms with Gasteiger partial charge in [0, 0.05) is 36.7 Å². The number of halogens is 2. The summed E-state index contributed by atoms with van der Waals surface area (Å²) in [5.41, 5.74) is 1.31. The van der Waals surface area contributed by atoms with Gasteiger partial charge in [-0.2, -0.15) is 19.4 Å². The highest BCUT2D eigenvalue weighted by molar-refractivity contribution is 8.23. The van der Waals surface area contributed by atoms with E-state index in [1.165, 1.54) is 18.4 Å². The topological polar surface area (TPSA) is 108 Å². The predicted octanol–water partition coefficient (Wildman–Crippen LogP) is 3.06. The molecule has 0 atom stereocenters. The lowest BCUT2D eigenvalue weighted by Crippen LogP contribution is -2.37. The number of amides is 1. The summed E-state index contributed by atoms with van der Waals surface area (Å²) in [7, 11) is -2.80. The normalized spacial score (nSPS) is 15.4. The van der Waals surface area contributed by atoms with E-state index in [9.17, 15) is 22.7 Å². The van der Waals surface area contributed by atoms with Gasteiger partial charge in [-0.05, 0) is 24.3 Å². The monoisotopic (exact) mass is 428 g/mol. The Morgan fingerprint density at radius 2 is 1.90 bits per heavy atom. The van der Waals surface area contributed by atoms with Gasteiger partial charge in [0.15, 0.2) is 5.82 Å². The minimum Gasteiger partial charge on any atom is -0.378 e. The molecule has 0 saturated carbocycles. The number of hydrogen-bond donors (Lipinski definition) is 3. The molecular weight excluding hydrogens is 406 g/mol. The molecule has 2 aromatic rings. The number of carbonyl (C=O) groups excluding carboxylic acids is 1. The van der Waals surface area contributed by atoms with E-state index in [2.05, 4.69) is 15.3 Å². The molecule has 3 N–H and O–H groups in total. The fourth-order valence-corrected chi connectivity index (χ4v) is 3.53. The van der Waals surface area contributed by atoms with Gasteiger partial charge >= 0.3 is 6.43 Å². The first-order valence-corrected chi connectivity index (χ1v) is 10.9. The minimum absolute atomic E-state index is 0.0115. The van der Waals surface area contributed by atoms with Gasteiger partial charge in [0.2, 0.25) is 0 Å². The number of nitrogens with one attached hydrogen (secondary N) is 1. The van der Waals surface area contributed by atoms with Crippen LogP contribution < -0.4 is 10.2 Å². The molecule has 1 aliphatic rings. The SMILES string of the molecule is CS(O)(O)Cc1cc(N2CCOCC2)nc(-c2ccc(NC(=O)C(F)F)cc2)n1. The smallest absolute Gasteiger partial charge is 0.315 e.